The van der Waals surface area contributed by atoms with Crippen LogP contribution in [0, 0.1) is 0 Å². The van der Waals surface area contributed by atoms with Crippen LogP contribution in [-0.4, -0.2) is 16.4 Å². The van der Waals surface area contributed by atoms with Crippen LogP contribution < -0.4 is 15.7 Å². The largest absolute Gasteiger partial charge is 0.376 e. The van der Waals surface area contributed by atoms with Gasteiger partial charge in [-0.3, -0.25) is 0 Å². The zero-order valence-corrected chi connectivity index (χ0v) is 35.8. The van der Waals surface area contributed by atoms with Crippen LogP contribution in [0.5, 0.6) is 0 Å². The number of rotatable bonds is 2. The van der Waals surface area contributed by atoms with Crippen molar-refractivity contribution < 1.29 is 0 Å². The van der Waals surface area contributed by atoms with Gasteiger partial charge in [0.05, 0.1) is 21.3 Å². The topological polar surface area (TPSA) is 21.1 Å². The molecule has 0 N–H and O–H groups in total. The number of nitrogens with zero attached hydrogens (tertiary/aromatic N) is 3. The minimum absolute atomic E-state index is 0.00421. The van der Waals surface area contributed by atoms with E-state index in [1.807, 2.05) is 0 Å². The number of thiazole rings is 1. The van der Waals surface area contributed by atoms with Crippen LogP contribution in [0.4, 0.5) is 11.4 Å². The molecule has 59 heavy (non-hydrogen) atoms. The molecule has 2 aromatic heterocycles. The molecule has 0 saturated heterocycles. The quantitative estimate of drug-likeness (QED) is 0.163. The van der Waals surface area contributed by atoms with E-state index >= 15 is 0 Å². The third-order valence-electron chi connectivity index (χ3n) is 13.7. The lowest BCUT2D eigenvalue weighted by molar-refractivity contribution is 0.590. The van der Waals surface area contributed by atoms with E-state index in [2.05, 4.69) is 198 Å². The smallest absolute Gasteiger partial charge is 0.333 e. The van der Waals surface area contributed by atoms with Crippen molar-refractivity contribution in [3.63, 3.8) is 0 Å². The first kappa shape index (κ1) is 35.1. The van der Waals surface area contributed by atoms with Gasteiger partial charge in [0.25, 0.3) is 0 Å². The minimum atomic E-state index is -0.110. The van der Waals surface area contributed by atoms with Gasteiger partial charge in [0.1, 0.15) is 5.01 Å². The molecule has 0 amide bonds. The molecule has 0 atom stereocenters. The summed E-state index contributed by atoms with van der Waals surface area (Å²) in [6.07, 6.45) is 0. The molecule has 0 saturated carbocycles. The van der Waals surface area contributed by atoms with E-state index in [0.717, 1.165) is 16.1 Å². The summed E-state index contributed by atoms with van der Waals surface area (Å²) >= 11 is 1.79. The second-order valence-electron chi connectivity index (χ2n) is 19.7. The second kappa shape index (κ2) is 11.6. The summed E-state index contributed by atoms with van der Waals surface area (Å²) in [6.45, 7) is 18.6. The first-order valence-corrected chi connectivity index (χ1v) is 21.9. The summed E-state index contributed by atoms with van der Waals surface area (Å²) in [5.74, 6) is 0. The van der Waals surface area contributed by atoms with E-state index in [4.69, 9.17) is 4.98 Å². The zero-order chi connectivity index (χ0) is 40.3. The minimum Gasteiger partial charge on any atom is -0.376 e. The van der Waals surface area contributed by atoms with Crippen molar-refractivity contribution in [1.82, 2.24) is 9.55 Å². The van der Waals surface area contributed by atoms with Crippen LogP contribution in [0.15, 0.2) is 133 Å². The number of fused-ring (bicyclic) bond motifs is 12. The summed E-state index contributed by atoms with van der Waals surface area (Å²) < 4.78 is 3.84. The fourth-order valence-corrected chi connectivity index (χ4v) is 11.6. The standard InChI is InChI=1S/C54H46BN3S/c1-52(2,3)32-18-21-34(22-19-32)58-45-25-20-33(53(4,5)6)26-39(45)36-23-24-37-40-27-38-35-16-12-13-17-41(35)54(7,8)42(38)28-46(40)57-47-30-48-44(29-43(47)55(58)49(36)50(37)57)56-51(59-48)31-14-10-9-11-15-31/h9-30H,1-8H3. The van der Waals surface area contributed by atoms with Crippen molar-refractivity contribution in [3.8, 4) is 38.5 Å². The Bertz CT molecular complexity index is 3260. The molecule has 0 unspecified atom stereocenters. The Morgan fingerprint density at radius 2 is 1.32 bits per heavy atom. The van der Waals surface area contributed by atoms with Crippen molar-refractivity contribution in [2.75, 3.05) is 4.81 Å². The van der Waals surface area contributed by atoms with Crippen molar-refractivity contribution >= 4 is 72.5 Å². The highest BCUT2D eigenvalue weighted by Gasteiger charge is 2.45. The summed E-state index contributed by atoms with van der Waals surface area (Å²) in [7, 11) is 0. The summed E-state index contributed by atoms with van der Waals surface area (Å²) in [5, 5.41) is 3.68. The van der Waals surface area contributed by atoms with Crippen LogP contribution in [0.1, 0.15) is 77.6 Å². The Balaban J connectivity index is 1.22. The average Bonchev–Trinajstić information content (AvgIpc) is 3.86. The lowest BCUT2D eigenvalue weighted by atomic mass is 9.44. The Kier molecular flexibility index (Phi) is 6.92. The van der Waals surface area contributed by atoms with Gasteiger partial charge in [0.2, 0.25) is 0 Å². The fourth-order valence-electron chi connectivity index (χ4n) is 10.6. The second-order valence-corrected chi connectivity index (χ2v) is 20.7. The van der Waals surface area contributed by atoms with Gasteiger partial charge in [0.15, 0.2) is 0 Å². The maximum absolute atomic E-state index is 5.35. The third-order valence-corrected chi connectivity index (χ3v) is 14.8. The predicted octanol–water partition coefficient (Wildman–Crippen LogP) is 13.2. The van der Waals surface area contributed by atoms with Gasteiger partial charge in [-0.2, -0.15) is 0 Å². The molecule has 2 aliphatic heterocycles. The number of anilines is 2. The SMILES string of the molecule is CC(C)(C)c1ccc(N2B3c4cc5nc(-c6ccccc6)sc5cc4-n4c5cc6c(cc5c5ccc(c3c54)-c3cc(C(C)(C)C)ccc32)-c2ccccc2C6(C)C)cc1. The number of aromatic nitrogens is 2. The Labute approximate surface area is 351 Å². The molecule has 0 spiro atoms. The molecule has 5 heteroatoms. The Hall–Kier alpha value is -5.91. The maximum atomic E-state index is 5.35. The maximum Gasteiger partial charge on any atom is 0.333 e. The first-order valence-electron chi connectivity index (χ1n) is 21.1. The molecule has 286 valence electrons. The predicted molar refractivity (Wildman–Crippen MR) is 253 cm³/mol. The first-order chi connectivity index (χ1) is 28.3. The molecular formula is C54H46BN3S. The van der Waals surface area contributed by atoms with Gasteiger partial charge in [0, 0.05) is 44.4 Å². The normalized spacial score (nSPS) is 14.8. The van der Waals surface area contributed by atoms with Gasteiger partial charge >= 0.3 is 6.85 Å². The molecular weight excluding hydrogens is 733 g/mol. The van der Waals surface area contributed by atoms with E-state index in [-0.39, 0.29) is 23.1 Å². The van der Waals surface area contributed by atoms with Gasteiger partial charge < -0.3 is 9.38 Å². The molecule has 0 fully saturated rings. The Morgan fingerprint density at radius 1 is 0.593 bits per heavy atom. The van der Waals surface area contributed by atoms with Crippen molar-refractivity contribution in [1.29, 1.82) is 0 Å². The molecule has 12 rings (SSSR count). The molecule has 0 radical (unpaired) electrons. The highest BCUT2D eigenvalue weighted by Crippen LogP contribution is 2.52. The van der Waals surface area contributed by atoms with E-state index in [1.165, 1.54) is 99.0 Å². The molecule has 4 heterocycles. The van der Waals surface area contributed by atoms with E-state index in [0.29, 0.717) is 0 Å². The molecule has 7 aromatic carbocycles. The van der Waals surface area contributed by atoms with Crippen molar-refractivity contribution in [3.05, 3.63) is 156 Å². The van der Waals surface area contributed by atoms with Gasteiger partial charge in [-0.25, -0.2) is 4.98 Å². The summed E-state index contributed by atoms with van der Waals surface area (Å²) in [6, 6.07) is 51.1. The van der Waals surface area contributed by atoms with E-state index in [9.17, 15) is 0 Å². The number of benzene rings is 7. The molecule has 3 aliphatic rings. The molecule has 3 nitrogen and oxygen atoms in total. The van der Waals surface area contributed by atoms with Gasteiger partial charge in [-0.1, -0.05) is 140 Å². The van der Waals surface area contributed by atoms with Gasteiger partial charge in [-0.05, 0) is 109 Å². The third kappa shape index (κ3) is 4.80. The average molecular weight is 780 g/mol. The van der Waals surface area contributed by atoms with E-state index in [1.54, 1.807) is 11.3 Å². The van der Waals surface area contributed by atoms with E-state index < -0.39 is 0 Å². The summed E-state index contributed by atoms with van der Waals surface area (Å²) in [5.41, 5.74) is 21.9. The highest BCUT2D eigenvalue weighted by atomic mass is 32.1. The molecule has 1 aliphatic carbocycles. The Morgan fingerprint density at radius 3 is 2.08 bits per heavy atom. The van der Waals surface area contributed by atoms with Crippen LogP contribution in [0.3, 0.4) is 0 Å². The molecule has 0 bridgehead atoms. The monoisotopic (exact) mass is 779 g/mol. The number of hydrogen-bond acceptors (Lipinski definition) is 3. The summed E-state index contributed by atoms with van der Waals surface area (Å²) in [4.78, 5) is 8.00. The molecule has 9 aromatic rings. The van der Waals surface area contributed by atoms with Crippen LogP contribution >= 0.6 is 11.3 Å². The number of hydrogen-bond donors (Lipinski definition) is 0. The van der Waals surface area contributed by atoms with Crippen LogP contribution in [0.25, 0.3) is 70.5 Å². The van der Waals surface area contributed by atoms with Crippen LogP contribution in [-0.2, 0) is 16.2 Å². The lowest BCUT2D eigenvalue weighted by Crippen LogP contribution is -2.60. The lowest BCUT2D eigenvalue weighted by Gasteiger charge is -2.42. The van der Waals surface area contributed by atoms with Crippen molar-refractivity contribution in [2.24, 2.45) is 0 Å². The highest BCUT2D eigenvalue weighted by molar-refractivity contribution is 7.21. The zero-order valence-electron chi connectivity index (χ0n) is 35.0. The van der Waals surface area contributed by atoms with Gasteiger partial charge in [-0.15, -0.1) is 11.3 Å². The van der Waals surface area contributed by atoms with Crippen LogP contribution in [0.2, 0.25) is 0 Å². The fraction of sp³-hybridized carbons (Fsp3) is 0.204. The van der Waals surface area contributed by atoms with Crippen molar-refractivity contribution in [2.45, 2.75) is 71.6 Å².